The molecule has 5 aromatic rings. The van der Waals surface area contributed by atoms with Crippen molar-refractivity contribution in [2.45, 2.75) is 26.3 Å². The molecule has 0 aliphatic heterocycles. The van der Waals surface area contributed by atoms with E-state index in [2.05, 4.69) is 19.1 Å². The molecule has 0 heterocycles. The summed E-state index contributed by atoms with van der Waals surface area (Å²) in [5.41, 5.74) is 2.60. The van der Waals surface area contributed by atoms with Gasteiger partial charge in [0.25, 0.3) is 0 Å². The van der Waals surface area contributed by atoms with Crippen LogP contribution < -0.4 is 14.4 Å². The minimum absolute atomic E-state index is 0.0873. The summed E-state index contributed by atoms with van der Waals surface area (Å²) in [4.78, 5) is 18.0. The molecule has 0 atom stereocenters. The zero-order valence-electron chi connectivity index (χ0n) is 23.2. The van der Waals surface area contributed by atoms with Gasteiger partial charge in [-0.2, -0.15) is 0 Å². The van der Waals surface area contributed by atoms with Gasteiger partial charge >= 0.3 is 6.03 Å². The van der Waals surface area contributed by atoms with E-state index in [0.717, 1.165) is 41.3 Å². The molecule has 0 N–H and O–H groups in total. The van der Waals surface area contributed by atoms with Gasteiger partial charge in [0.1, 0.15) is 23.0 Å². The van der Waals surface area contributed by atoms with E-state index in [1.165, 1.54) is 0 Å². The third kappa shape index (κ3) is 7.55. The molecular weight excluding hydrogens is 508 g/mol. The molecule has 0 aromatic heterocycles. The van der Waals surface area contributed by atoms with E-state index >= 15 is 0 Å². The molecule has 0 fully saturated rings. The number of carbonyl (C=O) groups is 1. The molecule has 0 saturated carbocycles. The Labute approximate surface area is 242 Å². The van der Waals surface area contributed by atoms with Gasteiger partial charge in [0.05, 0.1) is 11.4 Å². The topological polar surface area (TPSA) is 42.0 Å². The van der Waals surface area contributed by atoms with Crippen LogP contribution in [0.1, 0.15) is 25.3 Å². The Balaban J connectivity index is 1.45. The van der Waals surface area contributed by atoms with Gasteiger partial charge in [-0.05, 0) is 84.8 Å². The lowest BCUT2D eigenvalue weighted by atomic mass is 10.2. The number of para-hydroxylation sites is 2. The van der Waals surface area contributed by atoms with Crippen LogP contribution in [0.5, 0.6) is 23.0 Å². The largest absolute Gasteiger partial charge is 0.457 e. The molecule has 0 aliphatic rings. The van der Waals surface area contributed by atoms with Gasteiger partial charge in [0, 0.05) is 13.1 Å². The lowest BCUT2D eigenvalue weighted by molar-refractivity contribution is 0.203. The molecule has 5 nitrogen and oxygen atoms in total. The monoisotopic (exact) mass is 542 g/mol. The van der Waals surface area contributed by atoms with Crippen molar-refractivity contribution in [3.63, 3.8) is 0 Å². The number of ether oxygens (including phenoxy) is 2. The minimum atomic E-state index is -0.0873. The second-order valence-electron chi connectivity index (χ2n) is 9.70. The average Bonchev–Trinajstić information content (AvgIpc) is 3.02. The van der Waals surface area contributed by atoms with E-state index in [4.69, 9.17) is 9.47 Å². The molecule has 41 heavy (non-hydrogen) atoms. The lowest BCUT2D eigenvalue weighted by Crippen LogP contribution is -2.41. The summed E-state index contributed by atoms with van der Waals surface area (Å²) < 4.78 is 12.0. The zero-order chi connectivity index (χ0) is 28.3. The van der Waals surface area contributed by atoms with E-state index in [-0.39, 0.29) is 6.03 Å². The number of amides is 2. The first-order chi connectivity index (χ1) is 20.2. The maximum atomic E-state index is 14.3. The van der Waals surface area contributed by atoms with Gasteiger partial charge in [0.2, 0.25) is 0 Å². The number of rotatable bonds is 11. The van der Waals surface area contributed by atoms with Crippen LogP contribution in [0.4, 0.5) is 16.2 Å². The molecule has 0 spiro atoms. The van der Waals surface area contributed by atoms with Gasteiger partial charge in [-0.1, -0.05) is 80.1 Å². The Kier molecular flexibility index (Phi) is 9.30. The van der Waals surface area contributed by atoms with Crippen LogP contribution in [0.15, 0.2) is 140 Å². The Morgan fingerprint density at radius 1 is 0.561 bits per heavy atom. The van der Waals surface area contributed by atoms with Crippen molar-refractivity contribution in [2.24, 2.45) is 0 Å². The number of carbonyl (C=O) groups excluding carboxylic acids is 1. The van der Waals surface area contributed by atoms with Gasteiger partial charge in [-0.15, -0.1) is 0 Å². The van der Waals surface area contributed by atoms with Crippen LogP contribution in [-0.4, -0.2) is 17.5 Å². The first-order valence-electron chi connectivity index (χ1n) is 14.0. The van der Waals surface area contributed by atoms with E-state index in [1.54, 1.807) is 4.90 Å². The van der Waals surface area contributed by atoms with Crippen LogP contribution in [0.3, 0.4) is 0 Å². The Bertz CT molecular complexity index is 1410. The van der Waals surface area contributed by atoms with Crippen molar-refractivity contribution < 1.29 is 14.3 Å². The molecule has 2 amide bonds. The second-order valence-corrected chi connectivity index (χ2v) is 9.70. The molecule has 0 unspecified atom stereocenters. The van der Waals surface area contributed by atoms with Gasteiger partial charge in [-0.25, -0.2) is 4.79 Å². The smallest absolute Gasteiger partial charge is 0.329 e. The van der Waals surface area contributed by atoms with Crippen LogP contribution >= 0.6 is 0 Å². The highest BCUT2D eigenvalue weighted by Gasteiger charge is 2.24. The highest BCUT2D eigenvalue weighted by molar-refractivity contribution is 5.99. The predicted octanol–water partition coefficient (Wildman–Crippen LogP) is 9.83. The van der Waals surface area contributed by atoms with Gasteiger partial charge in [0.15, 0.2) is 0 Å². The number of urea groups is 1. The van der Waals surface area contributed by atoms with Crippen LogP contribution in [0.25, 0.3) is 0 Å². The number of hydrogen-bond acceptors (Lipinski definition) is 3. The molecule has 0 bridgehead atoms. The molecule has 5 rings (SSSR count). The van der Waals surface area contributed by atoms with Crippen molar-refractivity contribution in [3.8, 4) is 23.0 Å². The van der Waals surface area contributed by atoms with Crippen molar-refractivity contribution in [1.29, 1.82) is 0 Å². The normalized spacial score (nSPS) is 10.6. The first-order valence-corrected chi connectivity index (χ1v) is 14.0. The molecule has 5 aromatic carbocycles. The molecular formula is C36H34N2O3. The van der Waals surface area contributed by atoms with E-state index in [0.29, 0.717) is 24.6 Å². The van der Waals surface area contributed by atoms with E-state index < -0.39 is 0 Å². The van der Waals surface area contributed by atoms with Crippen molar-refractivity contribution in [3.05, 3.63) is 145 Å². The predicted molar refractivity (Wildman–Crippen MR) is 165 cm³/mol. The summed E-state index contributed by atoms with van der Waals surface area (Å²) in [6, 6.07) is 44.6. The SMILES string of the molecule is CCCCN(Cc1ccccc1)C(=O)N(c1ccc(Oc2ccccc2)cc1)c1ccc(Oc2ccccc2)cc1. The number of benzene rings is 5. The quantitative estimate of drug-likeness (QED) is 0.167. The highest BCUT2D eigenvalue weighted by Crippen LogP contribution is 2.32. The van der Waals surface area contributed by atoms with Crippen LogP contribution in [0, 0.1) is 0 Å². The van der Waals surface area contributed by atoms with E-state index in [9.17, 15) is 4.79 Å². The van der Waals surface area contributed by atoms with Crippen LogP contribution in [0.2, 0.25) is 0 Å². The zero-order valence-corrected chi connectivity index (χ0v) is 23.2. The second kappa shape index (κ2) is 13.9. The fourth-order valence-corrected chi connectivity index (χ4v) is 4.48. The summed E-state index contributed by atoms with van der Waals surface area (Å²) in [6.07, 6.45) is 1.91. The fraction of sp³-hybridized carbons (Fsp3) is 0.139. The minimum Gasteiger partial charge on any atom is -0.457 e. The first kappa shape index (κ1) is 27.5. The summed E-state index contributed by atoms with van der Waals surface area (Å²) in [5, 5.41) is 0. The maximum Gasteiger partial charge on any atom is 0.329 e. The molecule has 0 radical (unpaired) electrons. The Morgan fingerprint density at radius 2 is 0.976 bits per heavy atom. The van der Waals surface area contributed by atoms with Crippen molar-refractivity contribution in [1.82, 2.24) is 4.90 Å². The highest BCUT2D eigenvalue weighted by atomic mass is 16.5. The number of nitrogens with zero attached hydrogens (tertiary/aromatic N) is 2. The van der Waals surface area contributed by atoms with Gasteiger partial charge in [-0.3, -0.25) is 4.90 Å². The van der Waals surface area contributed by atoms with Gasteiger partial charge < -0.3 is 14.4 Å². The third-order valence-electron chi connectivity index (χ3n) is 6.61. The number of hydrogen-bond donors (Lipinski definition) is 0. The fourth-order valence-electron chi connectivity index (χ4n) is 4.48. The third-order valence-corrected chi connectivity index (χ3v) is 6.61. The summed E-state index contributed by atoms with van der Waals surface area (Å²) in [5.74, 6) is 2.92. The molecule has 0 saturated heterocycles. The van der Waals surface area contributed by atoms with Crippen molar-refractivity contribution >= 4 is 17.4 Å². The van der Waals surface area contributed by atoms with Crippen LogP contribution in [-0.2, 0) is 6.54 Å². The maximum absolute atomic E-state index is 14.3. The average molecular weight is 543 g/mol. The lowest BCUT2D eigenvalue weighted by Gasteiger charge is -2.31. The number of unbranched alkanes of at least 4 members (excludes halogenated alkanes) is 1. The standard InChI is InChI=1S/C36H34N2O3/c1-2-3-27-37(28-29-13-7-4-8-14-29)36(39)38(30-19-23-34(24-20-30)40-32-15-9-5-10-16-32)31-21-25-35(26-22-31)41-33-17-11-6-12-18-33/h4-26H,2-3,27-28H2,1H3. The number of anilines is 2. The Hall–Kier alpha value is -5.03. The van der Waals surface area contributed by atoms with Crippen molar-refractivity contribution in [2.75, 3.05) is 11.4 Å². The summed E-state index contributed by atoms with van der Waals surface area (Å²) >= 11 is 0. The Morgan fingerprint density at radius 3 is 1.41 bits per heavy atom. The summed E-state index contributed by atoms with van der Waals surface area (Å²) in [6.45, 7) is 3.32. The molecule has 206 valence electrons. The molecule has 5 heteroatoms. The summed E-state index contributed by atoms with van der Waals surface area (Å²) in [7, 11) is 0. The van der Waals surface area contributed by atoms with E-state index in [1.807, 2.05) is 132 Å². The molecule has 0 aliphatic carbocycles.